The highest BCUT2D eigenvalue weighted by Gasteiger charge is 2.31. The lowest BCUT2D eigenvalue weighted by molar-refractivity contribution is -0.126. The Morgan fingerprint density at radius 1 is 1.12 bits per heavy atom. The molecule has 2 amide bonds. The molecular weight excluding hydrogens is 319 g/mol. The minimum atomic E-state index is -1.23. The summed E-state index contributed by atoms with van der Waals surface area (Å²) in [6.45, 7) is 4.64. The minimum absolute atomic E-state index is 0.231. The maximum absolute atomic E-state index is 14.2. The summed E-state index contributed by atoms with van der Waals surface area (Å²) < 4.78 is 28.9. The molecule has 0 aliphatic heterocycles. The predicted octanol–water partition coefficient (Wildman–Crippen LogP) is 2.15. The van der Waals surface area contributed by atoms with E-state index in [1.807, 2.05) is 0 Å². The van der Waals surface area contributed by atoms with E-state index in [9.17, 15) is 14.0 Å². The molecule has 0 aliphatic rings. The number of methoxy groups -OCH3 is 3. The van der Waals surface area contributed by atoms with E-state index in [1.165, 1.54) is 47.3 Å². The van der Waals surface area contributed by atoms with E-state index >= 15 is 0 Å². The molecule has 134 valence electrons. The molecule has 0 saturated heterocycles. The van der Waals surface area contributed by atoms with Crippen LogP contribution >= 0.6 is 0 Å². The number of ether oxygens (including phenoxy) is 3. The molecule has 0 saturated carbocycles. The quantitative estimate of drug-likeness (QED) is 0.827. The Hall–Kier alpha value is -2.51. The first-order chi connectivity index (χ1) is 11.2. The Kier molecular flexibility index (Phi) is 6.39. The van der Waals surface area contributed by atoms with E-state index in [-0.39, 0.29) is 11.3 Å². The molecule has 0 spiro atoms. The van der Waals surface area contributed by atoms with E-state index in [0.29, 0.717) is 5.75 Å². The normalized spacial score (nSPS) is 12.1. The van der Waals surface area contributed by atoms with Crippen molar-refractivity contribution in [2.45, 2.75) is 32.4 Å². The second-order valence-electron chi connectivity index (χ2n) is 5.67. The summed E-state index contributed by atoms with van der Waals surface area (Å²) >= 11 is 0. The number of halogens is 1. The van der Waals surface area contributed by atoms with Crippen molar-refractivity contribution in [1.82, 2.24) is 10.6 Å². The molecule has 0 aliphatic carbocycles. The number of rotatable bonds is 6. The number of alkyl carbamates (subject to hydrolysis) is 1. The van der Waals surface area contributed by atoms with Gasteiger partial charge in [0.2, 0.25) is 5.91 Å². The zero-order valence-corrected chi connectivity index (χ0v) is 14.7. The zero-order chi connectivity index (χ0) is 18.5. The van der Waals surface area contributed by atoms with Gasteiger partial charge < -0.3 is 24.8 Å². The van der Waals surface area contributed by atoms with Gasteiger partial charge in [0.25, 0.3) is 0 Å². The van der Waals surface area contributed by atoms with Gasteiger partial charge in [0.05, 0.1) is 27.4 Å². The third-order valence-electron chi connectivity index (χ3n) is 3.48. The van der Waals surface area contributed by atoms with E-state index < -0.39 is 29.4 Å². The molecule has 0 radical (unpaired) electrons. The molecule has 0 aromatic heterocycles. The van der Waals surface area contributed by atoms with Gasteiger partial charge in [-0.15, -0.1) is 0 Å². The van der Waals surface area contributed by atoms with Crippen LogP contribution in [-0.2, 0) is 9.53 Å². The fraction of sp³-hybridized carbons (Fsp3) is 0.500. The highest BCUT2D eigenvalue weighted by molar-refractivity contribution is 5.89. The number of hydrogen-bond donors (Lipinski definition) is 2. The predicted molar refractivity (Wildman–Crippen MR) is 85.7 cm³/mol. The second-order valence-corrected chi connectivity index (χ2v) is 5.67. The summed E-state index contributed by atoms with van der Waals surface area (Å²) in [5.41, 5.74) is -0.996. The highest BCUT2D eigenvalue weighted by Crippen LogP contribution is 2.32. The molecule has 0 heterocycles. The van der Waals surface area contributed by atoms with Crippen molar-refractivity contribution in [2.75, 3.05) is 21.3 Å². The maximum atomic E-state index is 14.2. The molecule has 24 heavy (non-hydrogen) atoms. The first kappa shape index (κ1) is 19.5. The molecule has 0 unspecified atom stereocenters. The van der Waals surface area contributed by atoms with Gasteiger partial charge in [-0.25, -0.2) is 9.18 Å². The molecule has 7 nitrogen and oxygen atoms in total. The Morgan fingerprint density at radius 2 is 1.67 bits per heavy atom. The van der Waals surface area contributed by atoms with Crippen LogP contribution in [0.5, 0.6) is 11.5 Å². The molecule has 2 N–H and O–H groups in total. The first-order valence-electron chi connectivity index (χ1n) is 7.24. The lowest BCUT2D eigenvalue weighted by Gasteiger charge is -2.27. The molecular formula is C16H23FN2O5. The Bertz CT molecular complexity index is 619. The highest BCUT2D eigenvalue weighted by atomic mass is 19.1. The maximum Gasteiger partial charge on any atom is 0.407 e. The summed E-state index contributed by atoms with van der Waals surface area (Å²) in [5, 5.41) is 5.06. The van der Waals surface area contributed by atoms with Crippen molar-refractivity contribution in [3.63, 3.8) is 0 Å². The van der Waals surface area contributed by atoms with Crippen LogP contribution in [0.1, 0.15) is 32.4 Å². The van der Waals surface area contributed by atoms with Gasteiger partial charge >= 0.3 is 6.09 Å². The molecule has 0 bridgehead atoms. The molecule has 8 heteroatoms. The van der Waals surface area contributed by atoms with Crippen LogP contribution in [0.25, 0.3) is 0 Å². The Morgan fingerprint density at radius 3 is 2.17 bits per heavy atom. The second kappa shape index (κ2) is 7.85. The molecule has 1 aromatic rings. The number of hydrogen-bond acceptors (Lipinski definition) is 5. The monoisotopic (exact) mass is 342 g/mol. The number of carbonyl (C=O) groups excluding carboxylic acids is 2. The summed E-state index contributed by atoms with van der Waals surface area (Å²) in [6, 6.07) is 1.99. The van der Waals surface area contributed by atoms with Crippen molar-refractivity contribution in [2.24, 2.45) is 0 Å². The summed E-state index contributed by atoms with van der Waals surface area (Å²) in [5.74, 6) is -0.430. The summed E-state index contributed by atoms with van der Waals surface area (Å²) in [6.07, 6.45) is -0.736. The zero-order valence-electron chi connectivity index (χ0n) is 14.7. The minimum Gasteiger partial charge on any atom is -0.493 e. The Labute approximate surface area is 140 Å². The van der Waals surface area contributed by atoms with Crippen LogP contribution < -0.4 is 20.1 Å². The van der Waals surface area contributed by atoms with Gasteiger partial charge in [-0.1, -0.05) is 0 Å². The van der Waals surface area contributed by atoms with Gasteiger partial charge in [-0.3, -0.25) is 4.79 Å². The van der Waals surface area contributed by atoms with Gasteiger partial charge in [-0.05, 0) is 26.8 Å². The lowest BCUT2D eigenvalue weighted by Crippen LogP contribution is -2.55. The van der Waals surface area contributed by atoms with Crippen molar-refractivity contribution in [3.8, 4) is 11.5 Å². The van der Waals surface area contributed by atoms with Crippen LogP contribution in [0.2, 0.25) is 0 Å². The third-order valence-corrected chi connectivity index (χ3v) is 3.48. The average molecular weight is 342 g/mol. The van der Waals surface area contributed by atoms with Crippen molar-refractivity contribution < 1.29 is 28.2 Å². The number of amides is 2. The van der Waals surface area contributed by atoms with Gasteiger partial charge in [0.1, 0.15) is 11.4 Å². The van der Waals surface area contributed by atoms with Crippen LogP contribution in [0, 0.1) is 5.82 Å². The number of carbonyl (C=O) groups is 2. The van der Waals surface area contributed by atoms with E-state index in [2.05, 4.69) is 15.4 Å². The fourth-order valence-electron chi connectivity index (χ4n) is 2.02. The van der Waals surface area contributed by atoms with Crippen LogP contribution in [0.3, 0.4) is 0 Å². The molecule has 0 fully saturated rings. The SMILES string of the molecule is COC(=O)NC(C)(C)C(=O)N[C@@H](C)c1cc(OC)c(OC)cc1F. The van der Waals surface area contributed by atoms with Gasteiger partial charge in [-0.2, -0.15) is 0 Å². The standard InChI is InChI=1S/C16H23FN2O5/c1-9(18-14(20)16(2,3)19-15(21)24-6)10-7-12(22-4)13(23-5)8-11(10)17/h7-9H,1-6H3,(H,18,20)(H,19,21)/t9-/m0/s1. The van der Waals surface area contributed by atoms with Gasteiger partial charge in [0, 0.05) is 11.6 Å². The summed E-state index contributed by atoms with van der Waals surface area (Å²) in [4.78, 5) is 23.6. The lowest BCUT2D eigenvalue weighted by atomic mass is 10.0. The molecule has 1 atom stereocenters. The smallest absolute Gasteiger partial charge is 0.407 e. The van der Waals surface area contributed by atoms with E-state index in [4.69, 9.17) is 9.47 Å². The summed E-state index contributed by atoms with van der Waals surface area (Å²) in [7, 11) is 4.04. The topological polar surface area (TPSA) is 85.9 Å². The van der Waals surface area contributed by atoms with Gasteiger partial charge in [0.15, 0.2) is 11.5 Å². The van der Waals surface area contributed by atoms with Crippen molar-refractivity contribution in [3.05, 3.63) is 23.5 Å². The molecule has 1 aromatic carbocycles. The van der Waals surface area contributed by atoms with Crippen molar-refractivity contribution in [1.29, 1.82) is 0 Å². The molecule has 1 rings (SSSR count). The van der Waals surface area contributed by atoms with Crippen molar-refractivity contribution >= 4 is 12.0 Å². The fourth-order valence-corrected chi connectivity index (χ4v) is 2.02. The average Bonchev–Trinajstić information content (AvgIpc) is 2.53. The van der Waals surface area contributed by atoms with Crippen LogP contribution in [0.15, 0.2) is 12.1 Å². The largest absolute Gasteiger partial charge is 0.493 e. The van der Waals surface area contributed by atoms with E-state index in [0.717, 1.165) is 0 Å². The number of nitrogens with one attached hydrogen (secondary N) is 2. The van der Waals surface area contributed by atoms with Crippen LogP contribution in [0.4, 0.5) is 9.18 Å². The Balaban J connectivity index is 2.97. The third kappa shape index (κ3) is 4.50. The first-order valence-corrected chi connectivity index (χ1v) is 7.24. The number of benzene rings is 1. The van der Waals surface area contributed by atoms with E-state index in [1.54, 1.807) is 6.92 Å². The van der Waals surface area contributed by atoms with Crippen LogP contribution in [-0.4, -0.2) is 38.9 Å².